The van der Waals surface area contributed by atoms with Crippen LogP contribution in [0.3, 0.4) is 0 Å². The summed E-state index contributed by atoms with van der Waals surface area (Å²) in [5.74, 6) is 1.64. The normalized spacial score (nSPS) is 11.2. The minimum atomic E-state index is 0.807. The van der Waals surface area contributed by atoms with Crippen LogP contribution in [-0.4, -0.2) is 12.9 Å². The summed E-state index contributed by atoms with van der Waals surface area (Å²) < 4.78 is 6.40. The Bertz CT molecular complexity index is 813. The van der Waals surface area contributed by atoms with Crippen molar-refractivity contribution in [3.63, 3.8) is 0 Å². The van der Waals surface area contributed by atoms with Gasteiger partial charge in [-0.25, -0.2) is 4.99 Å². The first-order chi connectivity index (χ1) is 11.7. The molecule has 3 rings (SSSR count). The van der Waals surface area contributed by atoms with Crippen molar-refractivity contribution >= 4 is 39.8 Å². The monoisotopic (exact) mass is 428 g/mol. The zero-order valence-electron chi connectivity index (χ0n) is 13.2. The number of aliphatic imine (C=N–C) groups is 1. The van der Waals surface area contributed by atoms with E-state index < -0.39 is 0 Å². The zero-order chi connectivity index (χ0) is 16.8. The van der Waals surface area contributed by atoms with E-state index in [1.807, 2.05) is 66.7 Å². The van der Waals surface area contributed by atoms with Crippen molar-refractivity contribution < 1.29 is 4.74 Å². The Balaban J connectivity index is 1.94. The smallest absolute Gasteiger partial charge is 0.138 e. The maximum Gasteiger partial charge on any atom is 0.138 e. The van der Waals surface area contributed by atoms with Gasteiger partial charge in [-0.2, -0.15) is 0 Å². The summed E-state index contributed by atoms with van der Waals surface area (Å²) in [6, 6.07) is 26.0. The van der Waals surface area contributed by atoms with Crippen LogP contribution in [0.25, 0.3) is 0 Å². The van der Waals surface area contributed by atoms with Gasteiger partial charge < -0.3 is 10.1 Å². The van der Waals surface area contributed by atoms with Crippen LogP contribution in [-0.2, 0) is 0 Å². The molecule has 0 unspecified atom stereocenters. The number of methoxy groups -OCH3 is 1. The van der Waals surface area contributed by atoms with Gasteiger partial charge in [0, 0.05) is 14.8 Å². The lowest BCUT2D eigenvalue weighted by Crippen LogP contribution is -2.13. The number of halogens is 1. The number of ether oxygens (including phenoxy) is 1. The highest BCUT2D eigenvalue weighted by Crippen LogP contribution is 2.19. The van der Waals surface area contributed by atoms with Gasteiger partial charge >= 0.3 is 0 Å². The van der Waals surface area contributed by atoms with Gasteiger partial charge in [-0.1, -0.05) is 30.3 Å². The van der Waals surface area contributed by atoms with Crippen molar-refractivity contribution in [3.05, 3.63) is 88.0 Å². The fraction of sp³-hybridized carbons (Fsp3) is 0.0500. The molecule has 3 aromatic carbocycles. The topological polar surface area (TPSA) is 33.6 Å². The Labute approximate surface area is 155 Å². The van der Waals surface area contributed by atoms with E-state index >= 15 is 0 Å². The van der Waals surface area contributed by atoms with Crippen molar-refractivity contribution in [3.8, 4) is 5.75 Å². The van der Waals surface area contributed by atoms with E-state index in [4.69, 9.17) is 9.73 Å². The van der Waals surface area contributed by atoms with Gasteiger partial charge in [-0.15, -0.1) is 0 Å². The molecule has 0 atom stereocenters. The maximum atomic E-state index is 5.21. The molecule has 24 heavy (non-hydrogen) atoms. The molecule has 1 N–H and O–H groups in total. The van der Waals surface area contributed by atoms with Gasteiger partial charge in [0.1, 0.15) is 11.6 Å². The first-order valence-electron chi connectivity index (χ1n) is 7.55. The van der Waals surface area contributed by atoms with Crippen LogP contribution in [0.5, 0.6) is 5.75 Å². The van der Waals surface area contributed by atoms with Crippen molar-refractivity contribution in [2.45, 2.75) is 0 Å². The molecule has 0 saturated heterocycles. The number of benzene rings is 3. The largest absolute Gasteiger partial charge is 0.497 e. The fourth-order valence-corrected chi connectivity index (χ4v) is 2.58. The zero-order valence-corrected chi connectivity index (χ0v) is 15.4. The molecule has 4 heteroatoms. The second-order valence-corrected chi connectivity index (χ2v) is 6.40. The fourth-order valence-electron chi connectivity index (χ4n) is 2.22. The number of amidine groups is 1. The first kappa shape index (κ1) is 16.5. The van der Waals surface area contributed by atoms with Crippen molar-refractivity contribution in [2.24, 2.45) is 4.99 Å². The highest BCUT2D eigenvalue weighted by Gasteiger charge is 2.05. The predicted molar refractivity (Wildman–Crippen MR) is 108 cm³/mol. The van der Waals surface area contributed by atoms with Gasteiger partial charge in [0.05, 0.1) is 12.8 Å². The van der Waals surface area contributed by atoms with Crippen LogP contribution >= 0.6 is 22.6 Å². The van der Waals surface area contributed by atoms with Crippen LogP contribution in [0.4, 0.5) is 11.4 Å². The number of hydrogen-bond acceptors (Lipinski definition) is 2. The minimum Gasteiger partial charge on any atom is -0.497 e. The second-order valence-electron chi connectivity index (χ2n) is 5.16. The van der Waals surface area contributed by atoms with Crippen LogP contribution in [0.2, 0.25) is 0 Å². The molecule has 0 aliphatic rings. The molecule has 0 spiro atoms. The molecular weight excluding hydrogens is 411 g/mol. The number of nitrogens with one attached hydrogen (secondary N) is 1. The quantitative estimate of drug-likeness (QED) is 0.339. The summed E-state index contributed by atoms with van der Waals surface area (Å²) in [5.41, 5.74) is 2.91. The first-order valence-corrected chi connectivity index (χ1v) is 8.63. The molecule has 3 nitrogen and oxygen atoms in total. The van der Waals surface area contributed by atoms with E-state index in [1.165, 1.54) is 3.57 Å². The number of anilines is 1. The Hall–Kier alpha value is -2.34. The third kappa shape index (κ3) is 4.35. The highest BCUT2D eigenvalue weighted by molar-refractivity contribution is 14.1. The Morgan fingerprint density at radius 3 is 2.17 bits per heavy atom. The van der Waals surface area contributed by atoms with E-state index in [1.54, 1.807) is 7.11 Å². The van der Waals surface area contributed by atoms with E-state index in [0.717, 1.165) is 28.5 Å². The summed E-state index contributed by atoms with van der Waals surface area (Å²) in [7, 11) is 1.66. The average Bonchev–Trinajstić information content (AvgIpc) is 2.64. The van der Waals surface area contributed by atoms with E-state index in [0.29, 0.717) is 0 Å². The van der Waals surface area contributed by atoms with Gasteiger partial charge in [0.25, 0.3) is 0 Å². The van der Waals surface area contributed by atoms with Crippen molar-refractivity contribution in [1.29, 1.82) is 0 Å². The molecule has 0 aromatic heterocycles. The lowest BCUT2D eigenvalue weighted by molar-refractivity contribution is 0.415. The summed E-state index contributed by atoms with van der Waals surface area (Å²) >= 11 is 2.29. The van der Waals surface area contributed by atoms with Gasteiger partial charge in [0.15, 0.2) is 0 Å². The molecule has 120 valence electrons. The van der Waals surface area contributed by atoms with Crippen LogP contribution in [0, 0.1) is 3.57 Å². The van der Waals surface area contributed by atoms with Crippen molar-refractivity contribution in [2.75, 3.05) is 12.4 Å². The third-order valence-corrected chi connectivity index (χ3v) is 4.19. The lowest BCUT2D eigenvalue weighted by atomic mass is 10.2. The number of hydrogen-bond donors (Lipinski definition) is 1. The predicted octanol–water partition coefficient (Wildman–Crippen LogP) is 5.49. The average molecular weight is 428 g/mol. The van der Waals surface area contributed by atoms with E-state index in [9.17, 15) is 0 Å². The standard InChI is InChI=1S/C20H17IN2O/c1-24-19-13-11-18(12-14-19)23-20(15-5-3-2-4-6-15)22-17-9-7-16(21)8-10-17/h2-14H,1H3,(H,22,23). The van der Waals surface area contributed by atoms with Crippen LogP contribution in [0.1, 0.15) is 5.56 Å². The maximum absolute atomic E-state index is 5.21. The van der Waals surface area contributed by atoms with Gasteiger partial charge in [0.2, 0.25) is 0 Å². The summed E-state index contributed by atoms with van der Waals surface area (Å²) in [6.07, 6.45) is 0. The lowest BCUT2D eigenvalue weighted by Gasteiger charge is -2.11. The van der Waals surface area contributed by atoms with E-state index in [-0.39, 0.29) is 0 Å². The molecule has 0 heterocycles. The third-order valence-electron chi connectivity index (χ3n) is 3.47. The minimum absolute atomic E-state index is 0.807. The second kappa shape index (κ2) is 7.97. The van der Waals surface area contributed by atoms with Gasteiger partial charge in [-0.3, -0.25) is 0 Å². The molecule has 0 aliphatic heterocycles. The molecule has 0 aliphatic carbocycles. The van der Waals surface area contributed by atoms with Crippen LogP contribution < -0.4 is 10.1 Å². The van der Waals surface area contributed by atoms with E-state index in [2.05, 4.69) is 40.0 Å². The molecule has 0 fully saturated rings. The molecule has 0 amide bonds. The summed E-state index contributed by atoms with van der Waals surface area (Å²) in [6.45, 7) is 0. The molecule has 0 bridgehead atoms. The van der Waals surface area contributed by atoms with Crippen LogP contribution in [0.15, 0.2) is 83.9 Å². The highest BCUT2D eigenvalue weighted by atomic mass is 127. The summed E-state index contributed by atoms with van der Waals surface area (Å²) in [4.78, 5) is 4.78. The molecule has 0 saturated carbocycles. The van der Waals surface area contributed by atoms with Crippen molar-refractivity contribution in [1.82, 2.24) is 0 Å². The SMILES string of the molecule is COc1ccc(NC(=Nc2ccc(I)cc2)c2ccccc2)cc1. The Kier molecular flexibility index (Phi) is 5.48. The summed E-state index contributed by atoms with van der Waals surface area (Å²) in [5, 5.41) is 3.40. The Morgan fingerprint density at radius 2 is 1.54 bits per heavy atom. The molecule has 3 aromatic rings. The number of rotatable bonds is 4. The molecular formula is C20H17IN2O. The number of nitrogens with zero attached hydrogens (tertiary/aromatic N) is 1. The molecule has 0 radical (unpaired) electrons. The Morgan fingerprint density at radius 1 is 0.875 bits per heavy atom. The van der Waals surface area contributed by atoms with Gasteiger partial charge in [-0.05, 0) is 71.1 Å².